The number of ether oxygens (including phenoxy) is 1. The lowest BCUT2D eigenvalue weighted by atomic mass is 10.2. The predicted molar refractivity (Wildman–Crippen MR) is 88.0 cm³/mol. The number of carbonyl (C=O) groups is 1. The van der Waals surface area contributed by atoms with Crippen molar-refractivity contribution in [3.8, 4) is 5.75 Å². The van der Waals surface area contributed by atoms with E-state index >= 15 is 0 Å². The monoisotopic (exact) mass is 319 g/mol. The Bertz CT molecular complexity index is 631. The van der Waals surface area contributed by atoms with E-state index in [4.69, 9.17) is 4.74 Å². The lowest BCUT2D eigenvalue weighted by molar-refractivity contribution is -0.122. The third-order valence-electron chi connectivity index (χ3n) is 3.12. The van der Waals surface area contributed by atoms with E-state index in [1.807, 2.05) is 37.4 Å². The molecule has 0 saturated heterocycles. The summed E-state index contributed by atoms with van der Waals surface area (Å²) < 4.78 is 18.5. The Hall–Kier alpha value is -2.01. The molecule has 0 aliphatic heterocycles. The maximum absolute atomic E-state index is 12.9. The van der Waals surface area contributed by atoms with Crippen molar-refractivity contribution in [1.82, 2.24) is 0 Å². The lowest BCUT2D eigenvalue weighted by Crippen LogP contribution is -2.32. The maximum atomic E-state index is 12.9. The van der Waals surface area contributed by atoms with Crippen LogP contribution in [0.5, 0.6) is 5.75 Å². The van der Waals surface area contributed by atoms with Gasteiger partial charge in [0.05, 0.1) is 5.69 Å². The Morgan fingerprint density at radius 1 is 1.23 bits per heavy atom. The van der Waals surface area contributed by atoms with Crippen LogP contribution < -0.4 is 10.1 Å². The topological polar surface area (TPSA) is 38.3 Å². The van der Waals surface area contributed by atoms with E-state index in [1.54, 1.807) is 11.8 Å². The van der Waals surface area contributed by atoms with Crippen LogP contribution in [0.2, 0.25) is 0 Å². The highest BCUT2D eigenvalue weighted by Crippen LogP contribution is 2.25. The average molecular weight is 319 g/mol. The van der Waals surface area contributed by atoms with Gasteiger partial charge in [-0.1, -0.05) is 19.1 Å². The molecule has 1 amide bonds. The molecule has 3 nitrogen and oxygen atoms in total. The summed E-state index contributed by atoms with van der Waals surface area (Å²) in [6.07, 6.45) is 1.85. The van der Waals surface area contributed by atoms with Crippen molar-refractivity contribution in [2.75, 3.05) is 11.6 Å². The minimum Gasteiger partial charge on any atom is -0.481 e. The molecule has 22 heavy (non-hydrogen) atoms. The van der Waals surface area contributed by atoms with Crippen LogP contribution in [0.4, 0.5) is 10.1 Å². The van der Waals surface area contributed by atoms with Crippen molar-refractivity contribution in [3.05, 3.63) is 54.3 Å². The van der Waals surface area contributed by atoms with Gasteiger partial charge >= 0.3 is 0 Å². The van der Waals surface area contributed by atoms with Crippen molar-refractivity contribution in [3.63, 3.8) is 0 Å². The Morgan fingerprint density at radius 2 is 1.91 bits per heavy atom. The molecule has 0 fully saturated rings. The zero-order valence-corrected chi connectivity index (χ0v) is 13.3. The largest absolute Gasteiger partial charge is 0.481 e. The number of amides is 1. The molecule has 5 heteroatoms. The van der Waals surface area contributed by atoms with Gasteiger partial charge in [0.2, 0.25) is 0 Å². The van der Waals surface area contributed by atoms with Crippen molar-refractivity contribution >= 4 is 23.4 Å². The first-order valence-corrected chi connectivity index (χ1v) is 8.22. The van der Waals surface area contributed by atoms with Gasteiger partial charge in [0.15, 0.2) is 6.10 Å². The molecule has 2 aromatic carbocycles. The number of rotatable bonds is 6. The Kier molecular flexibility index (Phi) is 5.83. The van der Waals surface area contributed by atoms with Crippen LogP contribution in [0.3, 0.4) is 0 Å². The molecule has 2 rings (SSSR count). The van der Waals surface area contributed by atoms with Gasteiger partial charge < -0.3 is 10.1 Å². The van der Waals surface area contributed by atoms with Gasteiger partial charge in [-0.25, -0.2) is 4.39 Å². The zero-order valence-electron chi connectivity index (χ0n) is 12.5. The highest BCUT2D eigenvalue weighted by atomic mass is 32.2. The molecule has 0 saturated carbocycles. The summed E-state index contributed by atoms with van der Waals surface area (Å²) in [5.41, 5.74) is 0.765. The highest BCUT2D eigenvalue weighted by Gasteiger charge is 2.19. The fraction of sp³-hybridized carbons (Fsp3) is 0.235. The summed E-state index contributed by atoms with van der Waals surface area (Å²) in [6.45, 7) is 1.87. The summed E-state index contributed by atoms with van der Waals surface area (Å²) in [4.78, 5) is 13.4. The summed E-state index contributed by atoms with van der Waals surface area (Å²) in [5, 5.41) is 2.89. The molecule has 1 atom stereocenters. The van der Waals surface area contributed by atoms with E-state index in [-0.39, 0.29) is 11.7 Å². The number of para-hydroxylation sites is 1. The molecule has 0 spiro atoms. The van der Waals surface area contributed by atoms with E-state index in [2.05, 4.69) is 5.32 Å². The van der Waals surface area contributed by atoms with Gasteiger partial charge in [-0.2, -0.15) is 0 Å². The van der Waals surface area contributed by atoms with Crippen molar-refractivity contribution in [1.29, 1.82) is 0 Å². The quantitative estimate of drug-likeness (QED) is 0.805. The normalized spacial score (nSPS) is 11.8. The maximum Gasteiger partial charge on any atom is 0.265 e. The number of benzene rings is 2. The van der Waals surface area contributed by atoms with E-state index in [0.717, 1.165) is 10.6 Å². The molecule has 1 unspecified atom stereocenters. The van der Waals surface area contributed by atoms with Crippen LogP contribution in [0.15, 0.2) is 53.4 Å². The van der Waals surface area contributed by atoms with E-state index < -0.39 is 6.10 Å². The average Bonchev–Trinajstić information content (AvgIpc) is 2.54. The lowest BCUT2D eigenvalue weighted by Gasteiger charge is -2.18. The first kappa shape index (κ1) is 16.4. The van der Waals surface area contributed by atoms with Gasteiger partial charge in [-0.15, -0.1) is 11.8 Å². The standard InChI is InChI=1S/C17H18FNO2S/c1-3-15(21-13-10-8-12(18)9-11-13)17(20)19-14-6-4-5-7-16(14)22-2/h4-11,15H,3H2,1-2H3,(H,19,20). The molecule has 0 heterocycles. The van der Waals surface area contributed by atoms with Gasteiger partial charge in [-0.05, 0) is 49.1 Å². The third-order valence-corrected chi connectivity index (χ3v) is 3.92. The summed E-state index contributed by atoms with van der Waals surface area (Å²) in [5.74, 6) is -0.0753. The van der Waals surface area contributed by atoms with Crippen molar-refractivity contribution < 1.29 is 13.9 Å². The van der Waals surface area contributed by atoms with Gasteiger partial charge in [-0.3, -0.25) is 4.79 Å². The number of anilines is 1. The van der Waals surface area contributed by atoms with Crippen molar-refractivity contribution in [2.45, 2.75) is 24.3 Å². The molecule has 1 N–H and O–H groups in total. The molecular formula is C17H18FNO2S. The highest BCUT2D eigenvalue weighted by molar-refractivity contribution is 7.98. The third kappa shape index (κ3) is 4.24. The fourth-order valence-corrected chi connectivity index (χ4v) is 2.51. The van der Waals surface area contributed by atoms with Gasteiger partial charge in [0.25, 0.3) is 5.91 Å². The van der Waals surface area contributed by atoms with Crippen LogP contribution in [0.1, 0.15) is 13.3 Å². The number of hydrogen-bond acceptors (Lipinski definition) is 3. The minimum atomic E-state index is -0.625. The number of hydrogen-bond donors (Lipinski definition) is 1. The summed E-state index contributed by atoms with van der Waals surface area (Å²) >= 11 is 1.57. The molecule has 0 aromatic heterocycles. The fourth-order valence-electron chi connectivity index (χ4n) is 1.96. The second-order valence-electron chi connectivity index (χ2n) is 4.66. The summed E-state index contributed by atoms with van der Waals surface area (Å²) in [7, 11) is 0. The number of halogens is 1. The molecule has 0 aliphatic carbocycles. The van der Waals surface area contributed by atoms with E-state index in [9.17, 15) is 9.18 Å². The molecule has 0 radical (unpaired) electrons. The van der Waals surface area contributed by atoms with Crippen LogP contribution in [-0.2, 0) is 4.79 Å². The SMILES string of the molecule is CCC(Oc1ccc(F)cc1)C(=O)Nc1ccccc1SC. The first-order chi connectivity index (χ1) is 10.6. The molecule has 0 aliphatic rings. The number of carbonyl (C=O) groups excluding carboxylic acids is 1. The Labute approximate surface area is 133 Å². The second-order valence-corrected chi connectivity index (χ2v) is 5.51. The Morgan fingerprint density at radius 3 is 2.55 bits per heavy atom. The van der Waals surface area contributed by atoms with E-state index in [0.29, 0.717) is 12.2 Å². The smallest absolute Gasteiger partial charge is 0.265 e. The van der Waals surface area contributed by atoms with Crippen LogP contribution in [-0.4, -0.2) is 18.3 Å². The van der Waals surface area contributed by atoms with Crippen LogP contribution in [0, 0.1) is 5.82 Å². The van der Waals surface area contributed by atoms with Gasteiger partial charge in [0.1, 0.15) is 11.6 Å². The van der Waals surface area contributed by atoms with E-state index in [1.165, 1.54) is 24.3 Å². The zero-order chi connectivity index (χ0) is 15.9. The Balaban J connectivity index is 2.07. The second kappa shape index (κ2) is 7.84. The van der Waals surface area contributed by atoms with Crippen LogP contribution >= 0.6 is 11.8 Å². The van der Waals surface area contributed by atoms with Gasteiger partial charge in [0, 0.05) is 4.90 Å². The molecule has 2 aromatic rings. The molecular weight excluding hydrogens is 301 g/mol. The minimum absolute atomic E-state index is 0.215. The molecule has 116 valence electrons. The molecule has 0 bridgehead atoms. The van der Waals surface area contributed by atoms with Crippen LogP contribution in [0.25, 0.3) is 0 Å². The summed E-state index contributed by atoms with van der Waals surface area (Å²) in [6, 6.07) is 13.2. The first-order valence-electron chi connectivity index (χ1n) is 7.00. The number of thioether (sulfide) groups is 1. The predicted octanol–water partition coefficient (Wildman–Crippen LogP) is 4.34. The number of nitrogens with one attached hydrogen (secondary N) is 1. The van der Waals surface area contributed by atoms with Crippen molar-refractivity contribution in [2.24, 2.45) is 0 Å².